The molecule has 0 aliphatic carbocycles. The van der Waals surface area contributed by atoms with Crippen LogP contribution >= 0.6 is 0 Å². The summed E-state index contributed by atoms with van der Waals surface area (Å²) in [5.74, 6) is 0.620. The fraction of sp³-hybridized carbons (Fsp3) is 0.273. The van der Waals surface area contributed by atoms with Gasteiger partial charge in [0, 0.05) is 6.54 Å². The van der Waals surface area contributed by atoms with Crippen LogP contribution in [0.2, 0.25) is 0 Å². The quantitative estimate of drug-likeness (QED) is 0.793. The van der Waals surface area contributed by atoms with Crippen molar-refractivity contribution in [2.75, 3.05) is 11.9 Å². The zero-order valence-corrected chi connectivity index (χ0v) is 8.65. The Morgan fingerprint density at radius 1 is 1.38 bits per heavy atom. The highest BCUT2D eigenvalue weighted by Gasteiger charge is 2.17. The highest BCUT2D eigenvalue weighted by atomic mass is 19.1. The Hall–Kier alpha value is -1.91. The van der Waals surface area contributed by atoms with Gasteiger partial charge in [-0.25, -0.2) is 4.39 Å². The molecule has 0 saturated heterocycles. The average Bonchev–Trinajstić information content (AvgIpc) is 2.72. The standard InChI is InChI=1S/C11H11FN4/c12-8-3-1-4-9(7-8)16-11-10(14-15-16)5-2-6-13-11/h1,3-4,7,13H,2,5-6H2. The maximum Gasteiger partial charge on any atom is 0.153 e. The normalized spacial score (nSPS) is 14.3. The number of anilines is 1. The van der Waals surface area contributed by atoms with Gasteiger partial charge in [0.15, 0.2) is 5.82 Å². The summed E-state index contributed by atoms with van der Waals surface area (Å²) in [7, 11) is 0. The number of hydrogen-bond donors (Lipinski definition) is 1. The monoisotopic (exact) mass is 218 g/mol. The maximum atomic E-state index is 13.1. The van der Waals surface area contributed by atoms with Crippen molar-refractivity contribution >= 4 is 5.82 Å². The van der Waals surface area contributed by atoms with E-state index in [2.05, 4.69) is 15.6 Å². The third kappa shape index (κ3) is 1.44. The largest absolute Gasteiger partial charge is 0.368 e. The molecule has 3 rings (SSSR count). The minimum absolute atomic E-state index is 0.266. The van der Waals surface area contributed by atoms with E-state index >= 15 is 0 Å². The summed E-state index contributed by atoms with van der Waals surface area (Å²) in [5.41, 5.74) is 1.65. The van der Waals surface area contributed by atoms with E-state index in [0.717, 1.165) is 30.9 Å². The molecule has 0 fully saturated rings. The predicted molar refractivity (Wildman–Crippen MR) is 58.1 cm³/mol. The molecule has 0 radical (unpaired) electrons. The lowest BCUT2D eigenvalue weighted by Gasteiger charge is -2.14. The molecule has 2 heterocycles. The van der Waals surface area contributed by atoms with Gasteiger partial charge in [-0.2, -0.15) is 4.68 Å². The minimum Gasteiger partial charge on any atom is -0.368 e. The fourth-order valence-corrected chi connectivity index (χ4v) is 1.91. The molecule has 1 aliphatic rings. The number of rotatable bonds is 1. The van der Waals surface area contributed by atoms with Crippen LogP contribution in [0.15, 0.2) is 24.3 Å². The number of fused-ring (bicyclic) bond motifs is 1. The van der Waals surface area contributed by atoms with Crippen molar-refractivity contribution in [1.29, 1.82) is 0 Å². The molecular weight excluding hydrogens is 207 g/mol. The van der Waals surface area contributed by atoms with Gasteiger partial charge in [0.05, 0.1) is 5.69 Å². The average molecular weight is 218 g/mol. The minimum atomic E-state index is -0.266. The van der Waals surface area contributed by atoms with Gasteiger partial charge < -0.3 is 5.32 Å². The topological polar surface area (TPSA) is 42.7 Å². The van der Waals surface area contributed by atoms with Crippen molar-refractivity contribution < 1.29 is 4.39 Å². The molecule has 1 aromatic carbocycles. The van der Waals surface area contributed by atoms with Crippen molar-refractivity contribution in [3.63, 3.8) is 0 Å². The van der Waals surface area contributed by atoms with Gasteiger partial charge >= 0.3 is 0 Å². The lowest BCUT2D eigenvalue weighted by atomic mass is 10.2. The summed E-state index contributed by atoms with van der Waals surface area (Å²) in [4.78, 5) is 0. The molecule has 16 heavy (non-hydrogen) atoms. The summed E-state index contributed by atoms with van der Waals surface area (Å²) < 4.78 is 14.8. The second-order valence-electron chi connectivity index (χ2n) is 3.81. The molecule has 0 bridgehead atoms. The van der Waals surface area contributed by atoms with Gasteiger partial charge in [-0.3, -0.25) is 0 Å². The molecule has 1 N–H and O–H groups in total. The molecule has 0 atom stereocenters. The lowest BCUT2D eigenvalue weighted by Crippen LogP contribution is -2.14. The van der Waals surface area contributed by atoms with Crippen LogP contribution in [0.5, 0.6) is 0 Å². The van der Waals surface area contributed by atoms with Crippen LogP contribution in [0.1, 0.15) is 12.1 Å². The molecular formula is C11H11FN4. The van der Waals surface area contributed by atoms with Crippen LogP contribution in [-0.4, -0.2) is 21.5 Å². The first-order valence-electron chi connectivity index (χ1n) is 5.29. The molecule has 0 spiro atoms. The molecule has 5 heteroatoms. The van der Waals surface area contributed by atoms with Gasteiger partial charge in [0.25, 0.3) is 0 Å². The van der Waals surface area contributed by atoms with E-state index in [1.54, 1.807) is 10.7 Å². The van der Waals surface area contributed by atoms with Gasteiger partial charge in [-0.05, 0) is 31.0 Å². The Kier molecular flexibility index (Phi) is 2.09. The molecule has 1 aliphatic heterocycles. The van der Waals surface area contributed by atoms with E-state index in [1.807, 2.05) is 6.07 Å². The van der Waals surface area contributed by atoms with Crippen LogP contribution in [0.25, 0.3) is 5.69 Å². The molecule has 1 aromatic heterocycles. The first kappa shape index (κ1) is 9.33. The number of nitrogens with one attached hydrogen (secondary N) is 1. The third-order valence-corrected chi connectivity index (χ3v) is 2.68. The number of aryl methyl sites for hydroxylation is 1. The maximum absolute atomic E-state index is 13.1. The van der Waals surface area contributed by atoms with Crippen LogP contribution in [-0.2, 0) is 6.42 Å². The number of aromatic nitrogens is 3. The lowest BCUT2D eigenvalue weighted by molar-refractivity contribution is 0.625. The predicted octanol–water partition coefficient (Wildman–Crippen LogP) is 1.76. The highest BCUT2D eigenvalue weighted by molar-refractivity contribution is 5.49. The smallest absolute Gasteiger partial charge is 0.153 e. The van der Waals surface area contributed by atoms with Crippen molar-refractivity contribution in [3.05, 3.63) is 35.8 Å². The highest BCUT2D eigenvalue weighted by Crippen LogP contribution is 2.22. The Labute approximate surface area is 92.1 Å². The van der Waals surface area contributed by atoms with Crippen LogP contribution in [0.3, 0.4) is 0 Å². The van der Waals surface area contributed by atoms with E-state index < -0.39 is 0 Å². The van der Waals surface area contributed by atoms with E-state index in [1.165, 1.54) is 12.1 Å². The zero-order chi connectivity index (χ0) is 11.0. The summed E-state index contributed by atoms with van der Waals surface area (Å²) in [5, 5.41) is 11.4. The van der Waals surface area contributed by atoms with Gasteiger partial charge in [0.1, 0.15) is 11.5 Å². The first-order chi connectivity index (χ1) is 7.84. The Balaban J connectivity index is 2.09. The number of benzene rings is 1. The van der Waals surface area contributed by atoms with Crippen LogP contribution in [0.4, 0.5) is 10.2 Å². The molecule has 4 nitrogen and oxygen atoms in total. The molecule has 2 aromatic rings. The van der Waals surface area contributed by atoms with Crippen molar-refractivity contribution in [2.45, 2.75) is 12.8 Å². The third-order valence-electron chi connectivity index (χ3n) is 2.68. The van der Waals surface area contributed by atoms with Crippen molar-refractivity contribution in [2.24, 2.45) is 0 Å². The van der Waals surface area contributed by atoms with Gasteiger partial charge in [0.2, 0.25) is 0 Å². The van der Waals surface area contributed by atoms with Gasteiger partial charge in [-0.1, -0.05) is 11.3 Å². The van der Waals surface area contributed by atoms with Crippen molar-refractivity contribution in [1.82, 2.24) is 15.0 Å². The Bertz CT molecular complexity index is 520. The Morgan fingerprint density at radius 2 is 2.31 bits per heavy atom. The van der Waals surface area contributed by atoms with E-state index in [0.29, 0.717) is 5.69 Å². The van der Waals surface area contributed by atoms with E-state index in [-0.39, 0.29) is 5.82 Å². The number of hydrogen-bond acceptors (Lipinski definition) is 3. The van der Waals surface area contributed by atoms with Crippen LogP contribution in [0, 0.1) is 5.82 Å². The molecule has 0 amide bonds. The van der Waals surface area contributed by atoms with E-state index in [4.69, 9.17) is 0 Å². The molecule has 0 unspecified atom stereocenters. The summed E-state index contributed by atoms with van der Waals surface area (Å²) in [6.45, 7) is 0.912. The van der Waals surface area contributed by atoms with E-state index in [9.17, 15) is 4.39 Å². The van der Waals surface area contributed by atoms with Crippen molar-refractivity contribution in [3.8, 4) is 5.69 Å². The van der Waals surface area contributed by atoms with Gasteiger partial charge in [-0.15, -0.1) is 5.10 Å². The SMILES string of the molecule is Fc1cccc(-n2nnc3c2NCCC3)c1. The van der Waals surface area contributed by atoms with Crippen LogP contribution < -0.4 is 5.32 Å². The fourth-order valence-electron chi connectivity index (χ4n) is 1.91. The summed E-state index contributed by atoms with van der Waals surface area (Å²) >= 11 is 0. The summed E-state index contributed by atoms with van der Waals surface area (Å²) in [6.07, 6.45) is 1.99. The zero-order valence-electron chi connectivity index (χ0n) is 8.65. The molecule has 0 saturated carbocycles. The summed E-state index contributed by atoms with van der Waals surface area (Å²) in [6, 6.07) is 6.35. The Morgan fingerprint density at radius 3 is 3.19 bits per heavy atom. The first-order valence-corrected chi connectivity index (χ1v) is 5.29. The second kappa shape index (κ2) is 3.59. The number of halogens is 1. The number of nitrogens with zero attached hydrogens (tertiary/aromatic N) is 3. The molecule has 82 valence electrons. The second-order valence-corrected chi connectivity index (χ2v) is 3.81.